The highest BCUT2D eigenvalue weighted by Crippen LogP contribution is 2.23. The maximum atomic E-state index is 11.4. The minimum atomic E-state index is -0.880. The first-order chi connectivity index (χ1) is 8.18. The number of rotatable bonds is 3. The molecule has 0 aliphatic carbocycles. The number of hydrogen-bond acceptors (Lipinski definition) is 2. The van der Waals surface area contributed by atoms with E-state index >= 15 is 0 Å². The molecule has 2 aromatic rings. The van der Waals surface area contributed by atoms with E-state index in [1.807, 2.05) is 31.2 Å². The van der Waals surface area contributed by atoms with Gasteiger partial charge in [0.1, 0.15) is 5.92 Å². The fourth-order valence-electron chi connectivity index (χ4n) is 1.84. The number of aryl methyl sites for hydroxylation is 1. The molecule has 0 bridgehead atoms. The summed E-state index contributed by atoms with van der Waals surface area (Å²) in [6.07, 6.45) is 1.61. The van der Waals surface area contributed by atoms with E-state index < -0.39 is 11.9 Å². The van der Waals surface area contributed by atoms with Crippen LogP contribution in [0.1, 0.15) is 22.7 Å². The van der Waals surface area contributed by atoms with Crippen LogP contribution in [0.3, 0.4) is 0 Å². The molecule has 0 radical (unpaired) electrons. The first kappa shape index (κ1) is 11.3. The molecule has 0 saturated heterocycles. The van der Waals surface area contributed by atoms with Crippen molar-refractivity contribution in [3.63, 3.8) is 0 Å². The minimum absolute atomic E-state index is 0.561. The summed E-state index contributed by atoms with van der Waals surface area (Å²) in [6.45, 7) is 1.95. The molecule has 3 heteroatoms. The van der Waals surface area contributed by atoms with Crippen molar-refractivity contribution in [2.45, 2.75) is 12.8 Å². The first-order valence-electron chi connectivity index (χ1n) is 5.39. The molecule has 0 amide bonds. The van der Waals surface area contributed by atoms with Crippen molar-refractivity contribution in [3.8, 4) is 0 Å². The Labute approximate surface area is 99.8 Å². The van der Waals surface area contributed by atoms with Gasteiger partial charge in [-0.2, -0.15) is 0 Å². The summed E-state index contributed by atoms with van der Waals surface area (Å²) in [5.41, 5.74) is 2.37. The molecule has 1 heterocycles. The molecule has 0 aliphatic rings. The molecule has 1 aromatic carbocycles. The molecule has 1 unspecified atom stereocenters. The zero-order valence-electron chi connectivity index (χ0n) is 9.50. The van der Waals surface area contributed by atoms with Gasteiger partial charge in [-0.1, -0.05) is 35.9 Å². The van der Waals surface area contributed by atoms with E-state index in [1.54, 1.807) is 24.4 Å². The normalized spacial score (nSPS) is 12.1. The van der Waals surface area contributed by atoms with Crippen LogP contribution >= 0.6 is 0 Å². The number of aromatic nitrogens is 1. The summed E-state index contributed by atoms with van der Waals surface area (Å²) in [5, 5.41) is 9.33. The molecule has 86 valence electrons. The van der Waals surface area contributed by atoms with Gasteiger partial charge in [-0.05, 0) is 24.6 Å². The van der Waals surface area contributed by atoms with E-state index in [0.29, 0.717) is 5.69 Å². The number of carboxylic acid groups (broad SMARTS) is 1. The number of benzene rings is 1. The van der Waals surface area contributed by atoms with Gasteiger partial charge in [-0.25, -0.2) is 0 Å². The Bertz CT molecular complexity index is 523. The standard InChI is InChI=1S/C14H13NO2/c1-10-5-4-6-11(9-10)13(14(16)17)12-7-2-3-8-15-12/h2-9,13H,1H3,(H,16,17). The van der Waals surface area contributed by atoms with Crippen LogP contribution in [0.4, 0.5) is 0 Å². The Kier molecular flexibility index (Phi) is 3.19. The van der Waals surface area contributed by atoms with Crippen LogP contribution in [0.25, 0.3) is 0 Å². The highest BCUT2D eigenvalue weighted by Gasteiger charge is 2.22. The Morgan fingerprint density at radius 1 is 1.24 bits per heavy atom. The van der Waals surface area contributed by atoms with Crippen molar-refractivity contribution in [2.75, 3.05) is 0 Å². The number of nitrogens with zero attached hydrogens (tertiary/aromatic N) is 1. The van der Waals surface area contributed by atoms with Crippen LogP contribution in [-0.4, -0.2) is 16.1 Å². The molecule has 17 heavy (non-hydrogen) atoms. The van der Waals surface area contributed by atoms with Crippen LogP contribution in [-0.2, 0) is 4.79 Å². The summed E-state index contributed by atoms with van der Waals surface area (Å²) < 4.78 is 0. The largest absolute Gasteiger partial charge is 0.480 e. The highest BCUT2D eigenvalue weighted by atomic mass is 16.4. The Morgan fingerprint density at radius 2 is 2.06 bits per heavy atom. The molecular formula is C14H13NO2. The third kappa shape index (κ3) is 2.50. The molecule has 0 fully saturated rings. The topological polar surface area (TPSA) is 50.2 Å². The lowest BCUT2D eigenvalue weighted by atomic mass is 9.94. The number of carboxylic acids is 1. The van der Waals surface area contributed by atoms with Gasteiger partial charge in [-0.15, -0.1) is 0 Å². The average molecular weight is 227 g/mol. The minimum Gasteiger partial charge on any atom is -0.480 e. The van der Waals surface area contributed by atoms with Crippen LogP contribution in [0.5, 0.6) is 0 Å². The van der Waals surface area contributed by atoms with Gasteiger partial charge in [0.05, 0.1) is 5.69 Å². The molecular weight excluding hydrogens is 214 g/mol. The van der Waals surface area contributed by atoms with Gasteiger partial charge < -0.3 is 5.11 Å². The summed E-state index contributed by atoms with van der Waals surface area (Å²) in [4.78, 5) is 15.5. The quantitative estimate of drug-likeness (QED) is 0.876. The maximum Gasteiger partial charge on any atom is 0.317 e. The van der Waals surface area contributed by atoms with Gasteiger partial charge in [0, 0.05) is 6.20 Å². The van der Waals surface area contributed by atoms with Crippen molar-refractivity contribution in [3.05, 3.63) is 65.5 Å². The van der Waals surface area contributed by atoms with Gasteiger partial charge >= 0.3 is 5.97 Å². The highest BCUT2D eigenvalue weighted by molar-refractivity contribution is 5.79. The summed E-state index contributed by atoms with van der Waals surface area (Å²) in [5.74, 6) is -1.58. The zero-order chi connectivity index (χ0) is 12.3. The van der Waals surface area contributed by atoms with E-state index in [1.165, 1.54) is 0 Å². The SMILES string of the molecule is Cc1cccc(C(C(=O)O)c2ccccn2)c1. The van der Waals surface area contributed by atoms with Gasteiger partial charge in [-0.3, -0.25) is 9.78 Å². The zero-order valence-corrected chi connectivity index (χ0v) is 9.50. The molecule has 0 spiro atoms. The predicted octanol–water partition coefficient (Wildman–Crippen LogP) is 2.61. The lowest BCUT2D eigenvalue weighted by Gasteiger charge is -2.12. The molecule has 2 rings (SSSR count). The van der Waals surface area contributed by atoms with Crippen molar-refractivity contribution in [2.24, 2.45) is 0 Å². The number of carbonyl (C=O) groups is 1. The molecule has 0 aliphatic heterocycles. The molecule has 3 nitrogen and oxygen atoms in total. The molecule has 1 aromatic heterocycles. The second-order valence-electron chi connectivity index (χ2n) is 3.94. The fraction of sp³-hybridized carbons (Fsp3) is 0.143. The summed E-state index contributed by atoms with van der Waals surface area (Å²) in [7, 11) is 0. The third-order valence-corrected chi connectivity index (χ3v) is 2.61. The van der Waals surface area contributed by atoms with E-state index in [2.05, 4.69) is 4.98 Å². The van der Waals surface area contributed by atoms with Crippen LogP contribution in [0, 0.1) is 6.92 Å². The smallest absolute Gasteiger partial charge is 0.317 e. The molecule has 1 N–H and O–H groups in total. The van der Waals surface area contributed by atoms with Crippen molar-refractivity contribution < 1.29 is 9.90 Å². The second kappa shape index (κ2) is 4.78. The fourth-order valence-corrected chi connectivity index (χ4v) is 1.84. The first-order valence-corrected chi connectivity index (χ1v) is 5.39. The number of aliphatic carboxylic acids is 1. The maximum absolute atomic E-state index is 11.4. The summed E-state index contributed by atoms with van der Waals surface area (Å²) in [6, 6.07) is 12.8. The number of hydrogen-bond donors (Lipinski definition) is 1. The molecule has 0 saturated carbocycles. The van der Waals surface area contributed by atoms with E-state index in [0.717, 1.165) is 11.1 Å². The van der Waals surface area contributed by atoms with Crippen molar-refractivity contribution >= 4 is 5.97 Å². The van der Waals surface area contributed by atoms with E-state index in [-0.39, 0.29) is 0 Å². The third-order valence-electron chi connectivity index (χ3n) is 2.61. The van der Waals surface area contributed by atoms with Crippen LogP contribution in [0.15, 0.2) is 48.7 Å². The lowest BCUT2D eigenvalue weighted by molar-refractivity contribution is -0.137. The van der Waals surface area contributed by atoms with Crippen molar-refractivity contribution in [1.29, 1.82) is 0 Å². The van der Waals surface area contributed by atoms with Crippen LogP contribution < -0.4 is 0 Å². The second-order valence-corrected chi connectivity index (χ2v) is 3.94. The Morgan fingerprint density at radius 3 is 2.65 bits per heavy atom. The Balaban J connectivity index is 2.47. The van der Waals surface area contributed by atoms with Gasteiger partial charge in [0.15, 0.2) is 0 Å². The predicted molar refractivity (Wildman–Crippen MR) is 64.9 cm³/mol. The van der Waals surface area contributed by atoms with Crippen LogP contribution in [0.2, 0.25) is 0 Å². The van der Waals surface area contributed by atoms with Crippen molar-refractivity contribution in [1.82, 2.24) is 4.98 Å². The summed E-state index contributed by atoms with van der Waals surface area (Å²) >= 11 is 0. The Hall–Kier alpha value is -2.16. The van der Waals surface area contributed by atoms with Gasteiger partial charge in [0.2, 0.25) is 0 Å². The molecule has 1 atom stereocenters. The number of pyridine rings is 1. The van der Waals surface area contributed by atoms with E-state index in [9.17, 15) is 9.90 Å². The monoisotopic (exact) mass is 227 g/mol. The average Bonchev–Trinajstić information content (AvgIpc) is 2.30. The lowest BCUT2D eigenvalue weighted by Crippen LogP contribution is -2.14. The van der Waals surface area contributed by atoms with E-state index in [4.69, 9.17) is 0 Å². The van der Waals surface area contributed by atoms with Gasteiger partial charge in [0.25, 0.3) is 0 Å².